The SMILES string of the molecule is Cc1cc(CNC(=O)Nc2cc(-c3cccnc3)ccc2C)n(C)n1. The molecule has 6 nitrogen and oxygen atoms in total. The summed E-state index contributed by atoms with van der Waals surface area (Å²) in [5.74, 6) is 0. The minimum atomic E-state index is -0.245. The molecule has 6 heteroatoms. The number of hydrogen-bond donors (Lipinski definition) is 2. The predicted octanol–water partition coefficient (Wildman–Crippen LogP) is 3.42. The Morgan fingerprint density at radius 3 is 2.68 bits per heavy atom. The molecule has 0 unspecified atom stereocenters. The zero-order chi connectivity index (χ0) is 17.8. The van der Waals surface area contributed by atoms with Crippen molar-refractivity contribution in [2.45, 2.75) is 20.4 Å². The molecule has 0 saturated carbocycles. The quantitative estimate of drug-likeness (QED) is 0.767. The third kappa shape index (κ3) is 4.03. The van der Waals surface area contributed by atoms with Gasteiger partial charge in [0.05, 0.1) is 17.9 Å². The van der Waals surface area contributed by atoms with Crippen LogP contribution in [0.1, 0.15) is 17.0 Å². The summed E-state index contributed by atoms with van der Waals surface area (Å²) in [4.78, 5) is 16.4. The highest BCUT2D eigenvalue weighted by molar-refractivity contribution is 5.91. The number of benzene rings is 1. The van der Waals surface area contributed by atoms with Gasteiger partial charge in [-0.3, -0.25) is 9.67 Å². The van der Waals surface area contributed by atoms with Gasteiger partial charge < -0.3 is 10.6 Å². The standard InChI is InChI=1S/C19H21N5O/c1-13-6-7-15(16-5-4-8-20-11-16)10-18(13)22-19(25)21-12-17-9-14(2)23-24(17)3/h4-11H,12H2,1-3H3,(H2,21,22,25). The summed E-state index contributed by atoms with van der Waals surface area (Å²) in [5.41, 5.74) is 5.68. The Morgan fingerprint density at radius 2 is 2.00 bits per heavy atom. The lowest BCUT2D eigenvalue weighted by Gasteiger charge is -2.12. The topological polar surface area (TPSA) is 71.8 Å². The number of nitrogens with one attached hydrogen (secondary N) is 2. The van der Waals surface area contributed by atoms with E-state index >= 15 is 0 Å². The van der Waals surface area contributed by atoms with Crippen molar-refractivity contribution in [3.8, 4) is 11.1 Å². The van der Waals surface area contributed by atoms with Gasteiger partial charge in [0.25, 0.3) is 0 Å². The largest absolute Gasteiger partial charge is 0.332 e. The van der Waals surface area contributed by atoms with Gasteiger partial charge in [-0.25, -0.2) is 4.79 Å². The Balaban J connectivity index is 1.69. The van der Waals surface area contributed by atoms with Crippen molar-refractivity contribution >= 4 is 11.7 Å². The number of anilines is 1. The normalized spacial score (nSPS) is 10.5. The van der Waals surface area contributed by atoms with Gasteiger partial charge in [-0.15, -0.1) is 0 Å². The molecular weight excluding hydrogens is 314 g/mol. The summed E-state index contributed by atoms with van der Waals surface area (Å²) in [5, 5.41) is 10.1. The number of carbonyl (C=O) groups is 1. The minimum Gasteiger partial charge on any atom is -0.332 e. The third-order valence-corrected chi connectivity index (χ3v) is 4.01. The van der Waals surface area contributed by atoms with E-state index < -0.39 is 0 Å². The number of aryl methyl sites for hydroxylation is 3. The van der Waals surface area contributed by atoms with E-state index in [4.69, 9.17) is 0 Å². The number of nitrogens with zero attached hydrogens (tertiary/aromatic N) is 3. The fourth-order valence-electron chi connectivity index (χ4n) is 2.64. The molecule has 128 valence electrons. The van der Waals surface area contributed by atoms with Crippen LogP contribution < -0.4 is 10.6 Å². The predicted molar refractivity (Wildman–Crippen MR) is 98.2 cm³/mol. The van der Waals surface area contributed by atoms with Crippen LogP contribution in [0.5, 0.6) is 0 Å². The van der Waals surface area contributed by atoms with Gasteiger partial charge in [0.2, 0.25) is 0 Å². The molecule has 0 atom stereocenters. The number of hydrogen-bond acceptors (Lipinski definition) is 3. The molecule has 0 saturated heterocycles. The molecule has 3 rings (SSSR count). The maximum absolute atomic E-state index is 12.2. The first kappa shape index (κ1) is 16.7. The summed E-state index contributed by atoms with van der Waals surface area (Å²) in [6.45, 7) is 4.31. The van der Waals surface area contributed by atoms with Gasteiger partial charge in [-0.2, -0.15) is 5.10 Å². The lowest BCUT2D eigenvalue weighted by molar-refractivity contribution is 0.251. The molecular formula is C19H21N5O. The number of pyridine rings is 1. The molecule has 0 fully saturated rings. The second-order valence-electron chi connectivity index (χ2n) is 5.98. The Morgan fingerprint density at radius 1 is 1.16 bits per heavy atom. The summed E-state index contributed by atoms with van der Waals surface area (Å²) in [7, 11) is 1.86. The third-order valence-electron chi connectivity index (χ3n) is 4.01. The summed E-state index contributed by atoms with van der Waals surface area (Å²) < 4.78 is 1.77. The van der Waals surface area contributed by atoms with Crippen LogP contribution in [0.15, 0.2) is 48.8 Å². The van der Waals surface area contributed by atoms with Crippen LogP contribution in [-0.4, -0.2) is 20.8 Å². The van der Waals surface area contributed by atoms with Crippen LogP contribution in [0.2, 0.25) is 0 Å². The molecule has 2 aromatic heterocycles. The maximum Gasteiger partial charge on any atom is 0.319 e. The van der Waals surface area contributed by atoms with Crippen LogP contribution in [0.25, 0.3) is 11.1 Å². The highest BCUT2D eigenvalue weighted by Gasteiger charge is 2.08. The Bertz CT molecular complexity index is 886. The number of rotatable bonds is 4. The molecule has 0 aliphatic carbocycles. The molecule has 1 aromatic carbocycles. The Hall–Kier alpha value is -3.15. The highest BCUT2D eigenvalue weighted by Crippen LogP contribution is 2.24. The van der Waals surface area contributed by atoms with Gasteiger partial charge in [0, 0.05) is 30.7 Å². The first-order valence-corrected chi connectivity index (χ1v) is 8.08. The van der Waals surface area contributed by atoms with E-state index in [0.717, 1.165) is 33.8 Å². The van der Waals surface area contributed by atoms with Gasteiger partial charge in [-0.1, -0.05) is 18.2 Å². The van der Waals surface area contributed by atoms with Crippen molar-refractivity contribution in [3.63, 3.8) is 0 Å². The number of carbonyl (C=O) groups excluding carboxylic acids is 1. The van der Waals surface area contributed by atoms with Gasteiger partial charge in [0.15, 0.2) is 0 Å². The van der Waals surface area contributed by atoms with Crippen molar-refractivity contribution in [2.75, 3.05) is 5.32 Å². The zero-order valence-corrected chi connectivity index (χ0v) is 14.6. The highest BCUT2D eigenvalue weighted by atomic mass is 16.2. The zero-order valence-electron chi connectivity index (χ0n) is 14.6. The van der Waals surface area contributed by atoms with E-state index in [1.54, 1.807) is 17.1 Å². The molecule has 0 aliphatic rings. The van der Waals surface area contributed by atoms with Gasteiger partial charge in [-0.05, 0) is 43.2 Å². The van der Waals surface area contributed by atoms with Crippen molar-refractivity contribution < 1.29 is 4.79 Å². The van der Waals surface area contributed by atoms with E-state index in [-0.39, 0.29) is 6.03 Å². The van der Waals surface area contributed by atoms with Gasteiger partial charge in [0.1, 0.15) is 0 Å². The molecule has 25 heavy (non-hydrogen) atoms. The summed E-state index contributed by atoms with van der Waals surface area (Å²) in [6, 6.07) is 11.6. The average Bonchev–Trinajstić information content (AvgIpc) is 2.93. The van der Waals surface area contributed by atoms with E-state index in [1.165, 1.54) is 0 Å². The van der Waals surface area contributed by atoms with Crippen molar-refractivity contribution in [2.24, 2.45) is 7.05 Å². The van der Waals surface area contributed by atoms with Crippen LogP contribution in [-0.2, 0) is 13.6 Å². The fourth-order valence-corrected chi connectivity index (χ4v) is 2.64. The van der Waals surface area contributed by atoms with E-state index in [9.17, 15) is 4.79 Å². The monoisotopic (exact) mass is 335 g/mol. The van der Waals surface area contributed by atoms with Crippen molar-refractivity contribution in [1.29, 1.82) is 0 Å². The molecule has 2 heterocycles. The molecule has 0 bridgehead atoms. The number of urea groups is 1. The van der Waals surface area contributed by atoms with Crippen molar-refractivity contribution in [3.05, 3.63) is 65.7 Å². The fraction of sp³-hybridized carbons (Fsp3) is 0.211. The number of amides is 2. The second kappa shape index (κ2) is 7.17. The van der Waals surface area contributed by atoms with E-state index in [2.05, 4.69) is 20.7 Å². The van der Waals surface area contributed by atoms with Crippen LogP contribution in [0, 0.1) is 13.8 Å². The van der Waals surface area contributed by atoms with Crippen LogP contribution in [0.4, 0.5) is 10.5 Å². The van der Waals surface area contributed by atoms with E-state index in [0.29, 0.717) is 6.54 Å². The minimum absolute atomic E-state index is 0.245. The van der Waals surface area contributed by atoms with Gasteiger partial charge >= 0.3 is 6.03 Å². The molecule has 0 spiro atoms. The second-order valence-corrected chi connectivity index (χ2v) is 5.98. The Labute approximate surface area is 146 Å². The lowest BCUT2D eigenvalue weighted by atomic mass is 10.0. The average molecular weight is 335 g/mol. The maximum atomic E-state index is 12.2. The van der Waals surface area contributed by atoms with Crippen molar-refractivity contribution in [1.82, 2.24) is 20.1 Å². The lowest BCUT2D eigenvalue weighted by Crippen LogP contribution is -2.29. The first-order valence-electron chi connectivity index (χ1n) is 8.08. The van der Waals surface area contributed by atoms with Crippen LogP contribution >= 0.6 is 0 Å². The van der Waals surface area contributed by atoms with E-state index in [1.807, 2.05) is 57.3 Å². The molecule has 2 amide bonds. The molecule has 2 N–H and O–H groups in total. The summed E-state index contributed by atoms with van der Waals surface area (Å²) in [6.07, 6.45) is 3.55. The molecule has 0 radical (unpaired) electrons. The Kier molecular flexibility index (Phi) is 4.79. The first-order chi connectivity index (χ1) is 12.0. The van der Waals surface area contributed by atoms with Crippen LogP contribution in [0.3, 0.4) is 0 Å². The molecule has 0 aliphatic heterocycles. The number of aromatic nitrogens is 3. The summed E-state index contributed by atoms with van der Waals surface area (Å²) >= 11 is 0. The smallest absolute Gasteiger partial charge is 0.319 e. The molecule has 3 aromatic rings.